The van der Waals surface area contributed by atoms with Crippen molar-refractivity contribution in [3.05, 3.63) is 28.8 Å². The highest BCUT2D eigenvalue weighted by Crippen LogP contribution is 2.32. The van der Waals surface area contributed by atoms with Crippen LogP contribution in [0, 0.1) is 0 Å². The van der Waals surface area contributed by atoms with E-state index in [1.54, 1.807) is 6.07 Å². The number of aromatic hydroxyl groups is 1. The van der Waals surface area contributed by atoms with E-state index in [9.17, 15) is 9.90 Å². The predicted octanol–water partition coefficient (Wildman–Crippen LogP) is 2.77. The number of hydrogen-bond donors (Lipinski definition) is 1. The number of benzene rings is 1. The van der Waals surface area contributed by atoms with Gasteiger partial charge in [-0.05, 0) is 57.2 Å². The monoisotopic (exact) mass is 248 g/mol. The van der Waals surface area contributed by atoms with Gasteiger partial charge in [-0.1, -0.05) is 6.07 Å². The third-order valence-electron chi connectivity index (χ3n) is 3.12. The molecule has 0 radical (unpaired) electrons. The second-order valence-electron chi connectivity index (χ2n) is 5.82. The fourth-order valence-electron chi connectivity index (χ4n) is 2.45. The van der Waals surface area contributed by atoms with Crippen LogP contribution >= 0.6 is 0 Å². The molecule has 0 atom stereocenters. The van der Waals surface area contributed by atoms with Crippen molar-refractivity contribution >= 4 is 5.97 Å². The Morgan fingerprint density at radius 3 is 2.72 bits per heavy atom. The van der Waals surface area contributed by atoms with Gasteiger partial charge in [-0.2, -0.15) is 0 Å². The normalized spacial score (nSPS) is 14.4. The number of carbonyl (C=O) groups excluding carboxylic acids is 1. The lowest BCUT2D eigenvalue weighted by Crippen LogP contribution is -2.25. The number of ether oxygens (including phenoxy) is 1. The summed E-state index contributed by atoms with van der Waals surface area (Å²) < 4.78 is 5.31. The smallest absolute Gasteiger partial charge is 0.310 e. The van der Waals surface area contributed by atoms with Gasteiger partial charge in [0.15, 0.2) is 0 Å². The third-order valence-corrected chi connectivity index (χ3v) is 3.12. The zero-order valence-electron chi connectivity index (χ0n) is 11.2. The fourth-order valence-corrected chi connectivity index (χ4v) is 2.45. The van der Waals surface area contributed by atoms with Crippen LogP contribution in [0.4, 0.5) is 0 Å². The summed E-state index contributed by atoms with van der Waals surface area (Å²) in [6.07, 6.45) is 3.24. The zero-order chi connectivity index (χ0) is 13.3. The van der Waals surface area contributed by atoms with Gasteiger partial charge in [0.05, 0.1) is 6.42 Å². The second kappa shape index (κ2) is 4.63. The van der Waals surface area contributed by atoms with Gasteiger partial charge in [0.25, 0.3) is 0 Å². The van der Waals surface area contributed by atoms with E-state index in [2.05, 4.69) is 0 Å². The molecule has 0 heterocycles. The Balaban J connectivity index is 2.19. The number of hydrogen-bond acceptors (Lipinski definition) is 3. The van der Waals surface area contributed by atoms with Crippen molar-refractivity contribution in [2.45, 2.75) is 52.1 Å². The molecule has 0 aliphatic heterocycles. The fraction of sp³-hybridized carbons (Fsp3) is 0.533. The minimum absolute atomic E-state index is 0.159. The second-order valence-corrected chi connectivity index (χ2v) is 5.82. The van der Waals surface area contributed by atoms with E-state index in [0.29, 0.717) is 0 Å². The summed E-state index contributed by atoms with van der Waals surface area (Å²) in [5, 5.41) is 9.91. The summed E-state index contributed by atoms with van der Waals surface area (Å²) in [5.41, 5.74) is 2.66. The van der Waals surface area contributed by atoms with Crippen LogP contribution in [0.2, 0.25) is 0 Å². The van der Waals surface area contributed by atoms with Crippen LogP contribution in [0.1, 0.15) is 43.9 Å². The van der Waals surface area contributed by atoms with Crippen LogP contribution in [0.15, 0.2) is 12.1 Å². The van der Waals surface area contributed by atoms with E-state index in [-0.39, 0.29) is 18.1 Å². The van der Waals surface area contributed by atoms with Crippen molar-refractivity contribution in [2.75, 3.05) is 0 Å². The molecule has 1 aliphatic carbocycles. The lowest BCUT2D eigenvalue weighted by Gasteiger charge is -2.20. The molecule has 1 aromatic carbocycles. The number of rotatable bonds is 2. The Kier molecular flexibility index (Phi) is 3.33. The van der Waals surface area contributed by atoms with Crippen LogP contribution < -0.4 is 0 Å². The molecule has 0 amide bonds. The number of phenolic OH excluding ortho intramolecular Hbond substituents is 1. The average Bonchev–Trinajstić information content (AvgIpc) is 2.67. The Labute approximate surface area is 108 Å². The molecule has 0 aromatic heterocycles. The molecule has 3 heteroatoms. The maximum Gasteiger partial charge on any atom is 0.310 e. The van der Waals surface area contributed by atoms with Crippen LogP contribution in [-0.4, -0.2) is 16.7 Å². The first-order chi connectivity index (χ1) is 8.37. The Hall–Kier alpha value is -1.51. The van der Waals surface area contributed by atoms with Crippen LogP contribution in [0.5, 0.6) is 5.75 Å². The first kappa shape index (κ1) is 12.9. The molecule has 0 fully saturated rings. The highest BCUT2D eigenvalue weighted by atomic mass is 16.6. The number of phenols is 1. The molecule has 0 saturated carbocycles. The molecule has 0 spiro atoms. The molecule has 2 rings (SSSR count). The van der Waals surface area contributed by atoms with Crippen molar-refractivity contribution < 1.29 is 14.6 Å². The maximum absolute atomic E-state index is 11.8. The summed E-state index contributed by atoms with van der Waals surface area (Å²) in [7, 11) is 0. The first-order valence-electron chi connectivity index (χ1n) is 6.41. The molecule has 3 nitrogen and oxygen atoms in total. The lowest BCUT2D eigenvalue weighted by atomic mass is 9.99. The molecule has 0 bridgehead atoms. The maximum atomic E-state index is 11.8. The zero-order valence-corrected chi connectivity index (χ0v) is 11.2. The van der Waals surface area contributed by atoms with E-state index in [1.165, 1.54) is 5.56 Å². The Morgan fingerprint density at radius 1 is 1.33 bits per heavy atom. The largest absolute Gasteiger partial charge is 0.508 e. The number of esters is 1. The molecular weight excluding hydrogens is 228 g/mol. The third kappa shape index (κ3) is 2.84. The molecule has 1 aliphatic rings. The highest BCUT2D eigenvalue weighted by molar-refractivity contribution is 5.75. The van der Waals surface area contributed by atoms with Crippen LogP contribution in [-0.2, 0) is 28.8 Å². The van der Waals surface area contributed by atoms with Gasteiger partial charge in [-0.25, -0.2) is 0 Å². The Morgan fingerprint density at radius 2 is 2.06 bits per heavy atom. The van der Waals surface area contributed by atoms with Gasteiger partial charge in [0.2, 0.25) is 0 Å². The molecule has 1 aromatic rings. The van der Waals surface area contributed by atoms with Crippen LogP contribution in [0.25, 0.3) is 0 Å². The standard InChI is InChI=1S/C15H20O3/c1-15(2,3)18-14(17)9-12-11-6-4-5-10(11)7-8-13(12)16/h7-8,16H,4-6,9H2,1-3H3. The van der Waals surface area contributed by atoms with E-state index >= 15 is 0 Å². The average molecular weight is 248 g/mol. The minimum Gasteiger partial charge on any atom is -0.508 e. The van der Waals surface area contributed by atoms with Gasteiger partial charge >= 0.3 is 5.97 Å². The molecule has 1 N–H and O–H groups in total. The predicted molar refractivity (Wildman–Crippen MR) is 69.7 cm³/mol. The lowest BCUT2D eigenvalue weighted by molar-refractivity contribution is -0.153. The molecular formula is C15H20O3. The van der Waals surface area contributed by atoms with E-state index in [1.807, 2.05) is 26.8 Å². The molecule has 18 heavy (non-hydrogen) atoms. The first-order valence-corrected chi connectivity index (χ1v) is 6.41. The van der Waals surface area contributed by atoms with Crippen molar-refractivity contribution in [2.24, 2.45) is 0 Å². The Bertz CT molecular complexity index is 469. The quantitative estimate of drug-likeness (QED) is 0.819. The van der Waals surface area contributed by atoms with Crippen LogP contribution in [0.3, 0.4) is 0 Å². The summed E-state index contributed by atoms with van der Waals surface area (Å²) >= 11 is 0. The summed E-state index contributed by atoms with van der Waals surface area (Å²) in [5.74, 6) is -0.0698. The van der Waals surface area contributed by atoms with Crippen molar-refractivity contribution in [3.63, 3.8) is 0 Å². The van der Waals surface area contributed by atoms with Gasteiger partial charge in [-0.3, -0.25) is 4.79 Å². The molecule has 0 saturated heterocycles. The number of fused-ring (bicyclic) bond motifs is 1. The van der Waals surface area contributed by atoms with Crippen molar-refractivity contribution in [1.29, 1.82) is 0 Å². The minimum atomic E-state index is -0.481. The van der Waals surface area contributed by atoms with E-state index in [0.717, 1.165) is 30.4 Å². The number of carbonyl (C=O) groups is 1. The van der Waals surface area contributed by atoms with Gasteiger partial charge in [0, 0.05) is 5.56 Å². The molecule has 0 unspecified atom stereocenters. The SMILES string of the molecule is CC(C)(C)OC(=O)Cc1c(O)ccc2c1CCC2. The van der Waals surface area contributed by atoms with Gasteiger partial charge < -0.3 is 9.84 Å². The highest BCUT2D eigenvalue weighted by Gasteiger charge is 2.22. The summed E-state index contributed by atoms with van der Waals surface area (Å²) in [4.78, 5) is 11.8. The van der Waals surface area contributed by atoms with E-state index < -0.39 is 5.60 Å². The summed E-state index contributed by atoms with van der Waals surface area (Å²) in [6.45, 7) is 5.54. The van der Waals surface area contributed by atoms with Crippen molar-refractivity contribution in [3.8, 4) is 5.75 Å². The topological polar surface area (TPSA) is 46.5 Å². The van der Waals surface area contributed by atoms with Gasteiger partial charge in [-0.15, -0.1) is 0 Å². The number of aryl methyl sites for hydroxylation is 1. The summed E-state index contributed by atoms with van der Waals surface area (Å²) in [6, 6.07) is 3.64. The molecule has 98 valence electrons. The van der Waals surface area contributed by atoms with Gasteiger partial charge in [0.1, 0.15) is 11.4 Å². The van der Waals surface area contributed by atoms with E-state index in [4.69, 9.17) is 4.74 Å². The van der Waals surface area contributed by atoms with Crippen molar-refractivity contribution in [1.82, 2.24) is 0 Å².